The molecule has 14 heavy (non-hydrogen) atoms. The quantitative estimate of drug-likeness (QED) is 0.813. The molecule has 0 bridgehead atoms. The third-order valence-electron chi connectivity index (χ3n) is 2.29. The first kappa shape index (κ1) is 11.0. The van der Waals surface area contributed by atoms with Crippen molar-refractivity contribution < 1.29 is 0 Å². The Labute approximate surface area is 89.3 Å². The van der Waals surface area contributed by atoms with Crippen molar-refractivity contribution in [2.75, 3.05) is 0 Å². The van der Waals surface area contributed by atoms with Crippen LogP contribution in [0.2, 0.25) is 5.02 Å². The molecule has 0 amide bonds. The van der Waals surface area contributed by atoms with Gasteiger partial charge in [-0.2, -0.15) is 5.26 Å². The van der Waals surface area contributed by atoms with Crippen molar-refractivity contribution >= 4 is 11.6 Å². The molecule has 0 aliphatic rings. The van der Waals surface area contributed by atoms with Crippen LogP contribution in [-0.4, -0.2) is 0 Å². The zero-order chi connectivity index (χ0) is 10.8. The number of hydrogen-bond acceptors (Lipinski definition) is 2. The molecule has 0 aliphatic carbocycles. The van der Waals surface area contributed by atoms with Gasteiger partial charge < -0.3 is 5.73 Å². The summed E-state index contributed by atoms with van der Waals surface area (Å²) < 4.78 is 0. The lowest BCUT2D eigenvalue weighted by Crippen LogP contribution is -2.27. The highest BCUT2D eigenvalue weighted by Crippen LogP contribution is 2.30. The molecule has 0 heterocycles. The van der Waals surface area contributed by atoms with Crippen LogP contribution in [0, 0.1) is 16.7 Å². The van der Waals surface area contributed by atoms with Gasteiger partial charge in [0.05, 0.1) is 11.5 Å². The fourth-order valence-corrected chi connectivity index (χ4v) is 1.28. The number of nitriles is 1. The van der Waals surface area contributed by atoms with Crippen molar-refractivity contribution in [1.29, 1.82) is 5.26 Å². The predicted molar refractivity (Wildman–Crippen MR) is 57.8 cm³/mol. The summed E-state index contributed by atoms with van der Waals surface area (Å²) in [5.74, 6) is 0. The van der Waals surface area contributed by atoms with Gasteiger partial charge in [0.25, 0.3) is 0 Å². The lowest BCUT2D eigenvalue weighted by molar-refractivity contribution is 0.393. The molecule has 0 radical (unpaired) electrons. The maximum Gasteiger partial charge on any atom is 0.0710 e. The standard InChI is InChI=1S/C11H13ClN2/c1-11(2,7-13)10(14)8-3-5-9(12)6-4-8/h3-6,10H,14H2,1-2H3. The summed E-state index contributed by atoms with van der Waals surface area (Å²) in [4.78, 5) is 0. The lowest BCUT2D eigenvalue weighted by Gasteiger charge is -2.24. The van der Waals surface area contributed by atoms with Crippen molar-refractivity contribution in [3.63, 3.8) is 0 Å². The van der Waals surface area contributed by atoms with Gasteiger partial charge in [-0.25, -0.2) is 0 Å². The molecule has 0 saturated heterocycles. The Morgan fingerprint density at radius 3 is 2.29 bits per heavy atom. The topological polar surface area (TPSA) is 49.8 Å². The number of rotatable bonds is 2. The van der Waals surface area contributed by atoms with E-state index in [1.54, 1.807) is 12.1 Å². The largest absolute Gasteiger partial charge is 0.323 e. The van der Waals surface area contributed by atoms with E-state index in [9.17, 15) is 0 Å². The Morgan fingerprint density at radius 1 is 1.36 bits per heavy atom. The third-order valence-corrected chi connectivity index (χ3v) is 2.55. The zero-order valence-electron chi connectivity index (χ0n) is 8.29. The van der Waals surface area contributed by atoms with Crippen molar-refractivity contribution in [3.8, 4) is 6.07 Å². The molecular formula is C11H13ClN2. The van der Waals surface area contributed by atoms with Crippen molar-refractivity contribution in [1.82, 2.24) is 0 Å². The molecule has 1 atom stereocenters. The number of halogens is 1. The second kappa shape index (κ2) is 4.00. The first-order valence-electron chi connectivity index (χ1n) is 4.39. The summed E-state index contributed by atoms with van der Waals surface area (Å²) in [6, 6.07) is 9.18. The number of nitrogens with two attached hydrogens (primary N) is 1. The molecule has 1 unspecified atom stereocenters. The molecule has 0 fully saturated rings. The van der Waals surface area contributed by atoms with E-state index in [4.69, 9.17) is 22.6 Å². The Bertz CT molecular complexity index is 349. The third kappa shape index (κ3) is 2.25. The van der Waals surface area contributed by atoms with Gasteiger partial charge in [0.2, 0.25) is 0 Å². The molecule has 0 aliphatic heterocycles. The van der Waals surface area contributed by atoms with Crippen LogP contribution in [0.4, 0.5) is 0 Å². The summed E-state index contributed by atoms with van der Waals surface area (Å²) in [6.45, 7) is 3.65. The van der Waals surface area contributed by atoms with Crippen LogP contribution >= 0.6 is 11.6 Å². The fraction of sp³-hybridized carbons (Fsp3) is 0.364. The summed E-state index contributed by atoms with van der Waals surface area (Å²) in [5.41, 5.74) is 6.34. The summed E-state index contributed by atoms with van der Waals surface area (Å²) in [6.07, 6.45) is 0. The molecule has 3 heteroatoms. The lowest BCUT2D eigenvalue weighted by atomic mass is 9.82. The highest BCUT2D eigenvalue weighted by atomic mass is 35.5. The molecule has 1 aromatic rings. The van der Waals surface area contributed by atoms with Gasteiger partial charge in [0.15, 0.2) is 0 Å². The van der Waals surface area contributed by atoms with Crippen LogP contribution in [0.1, 0.15) is 25.5 Å². The summed E-state index contributed by atoms with van der Waals surface area (Å²) >= 11 is 5.76. The van der Waals surface area contributed by atoms with Crippen molar-refractivity contribution in [3.05, 3.63) is 34.9 Å². The van der Waals surface area contributed by atoms with Crippen molar-refractivity contribution in [2.45, 2.75) is 19.9 Å². The minimum atomic E-state index is -0.562. The van der Waals surface area contributed by atoms with Crippen LogP contribution in [0.25, 0.3) is 0 Å². The number of hydrogen-bond donors (Lipinski definition) is 1. The highest BCUT2D eigenvalue weighted by molar-refractivity contribution is 6.30. The second-order valence-corrected chi connectivity index (χ2v) is 4.30. The molecule has 0 saturated carbocycles. The van der Waals surface area contributed by atoms with Crippen molar-refractivity contribution in [2.24, 2.45) is 11.1 Å². The number of nitrogens with zero attached hydrogens (tertiary/aromatic N) is 1. The van der Waals surface area contributed by atoms with Crippen LogP contribution in [0.5, 0.6) is 0 Å². The Morgan fingerprint density at radius 2 is 1.86 bits per heavy atom. The van der Waals surface area contributed by atoms with E-state index < -0.39 is 5.41 Å². The first-order valence-corrected chi connectivity index (χ1v) is 4.77. The van der Waals surface area contributed by atoms with E-state index in [1.165, 1.54) is 0 Å². The molecule has 74 valence electrons. The summed E-state index contributed by atoms with van der Waals surface area (Å²) in [5, 5.41) is 9.60. The molecule has 1 aromatic carbocycles. The molecule has 1 rings (SSSR count). The average Bonchev–Trinajstić information content (AvgIpc) is 2.18. The van der Waals surface area contributed by atoms with Gasteiger partial charge in [-0.1, -0.05) is 23.7 Å². The van der Waals surface area contributed by atoms with E-state index in [2.05, 4.69) is 6.07 Å². The highest BCUT2D eigenvalue weighted by Gasteiger charge is 2.27. The molecule has 0 aromatic heterocycles. The Kier molecular flexibility index (Phi) is 3.15. The monoisotopic (exact) mass is 208 g/mol. The van der Waals surface area contributed by atoms with Crippen LogP contribution in [-0.2, 0) is 0 Å². The van der Waals surface area contributed by atoms with Gasteiger partial charge in [-0.15, -0.1) is 0 Å². The normalized spacial score (nSPS) is 13.4. The van der Waals surface area contributed by atoms with E-state index in [0.717, 1.165) is 5.56 Å². The first-order chi connectivity index (χ1) is 6.47. The Hall–Kier alpha value is -1.04. The maximum atomic E-state index is 8.92. The molecule has 2 N–H and O–H groups in total. The van der Waals surface area contributed by atoms with Gasteiger partial charge in [-0.3, -0.25) is 0 Å². The van der Waals surface area contributed by atoms with E-state index in [1.807, 2.05) is 26.0 Å². The minimum Gasteiger partial charge on any atom is -0.323 e. The maximum absolute atomic E-state index is 8.92. The van der Waals surface area contributed by atoms with E-state index in [-0.39, 0.29) is 6.04 Å². The smallest absolute Gasteiger partial charge is 0.0710 e. The van der Waals surface area contributed by atoms with Crippen LogP contribution < -0.4 is 5.73 Å². The van der Waals surface area contributed by atoms with Gasteiger partial charge in [0.1, 0.15) is 0 Å². The zero-order valence-corrected chi connectivity index (χ0v) is 9.05. The molecular weight excluding hydrogens is 196 g/mol. The fourth-order valence-electron chi connectivity index (χ4n) is 1.16. The summed E-state index contributed by atoms with van der Waals surface area (Å²) in [7, 11) is 0. The average molecular weight is 209 g/mol. The predicted octanol–water partition coefficient (Wildman–Crippen LogP) is 2.89. The molecule has 0 spiro atoms. The number of benzene rings is 1. The second-order valence-electron chi connectivity index (χ2n) is 3.86. The Balaban J connectivity index is 2.96. The van der Waals surface area contributed by atoms with Gasteiger partial charge in [0, 0.05) is 11.1 Å². The van der Waals surface area contributed by atoms with Crippen LogP contribution in [0.3, 0.4) is 0 Å². The van der Waals surface area contributed by atoms with E-state index >= 15 is 0 Å². The molecule has 2 nitrogen and oxygen atoms in total. The van der Waals surface area contributed by atoms with Crippen LogP contribution in [0.15, 0.2) is 24.3 Å². The van der Waals surface area contributed by atoms with Gasteiger partial charge >= 0.3 is 0 Å². The minimum absolute atomic E-state index is 0.287. The van der Waals surface area contributed by atoms with E-state index in [0.29, 0.717) is 5.02 Å². The van der Waals surface area contributed by atoms with Gasteiger partial charge in [-0.05, 0) is 31.5 Å². The SMILES string of the molecule is CC(C)(C#N)C(N)c1ccc(Cl)cc1.